The van der Waals surface area contributed by atoms with Gasteiger partial charge in [-0.1, -0.05) is 11.6 Å². The third kappa shape index (κ3) is 4.49. The number of hydrogen-bond acceptors (Lipinski definition) is 6. The van der Waals surface area contributed by atoms with Crippen LogP contribution >= 0.6 is 23.5 Å². The second-order valence-corrected chi connectivity index (χ2v) is 8.17. The fourth-order valence-electron chi connectivity index (χ4n) is 3.44. The van der Waals surface area contributed by atoms with Crippen LogP contribution in [0.4, 0.5) is 19.0 Å². The Morgan fingerprint density at radius 3 is 2.80 bits per heavy atom. The third-order valence-electron chi connectivity index (χ3n) is 4.82. The zero-order valence-electron chi connectivity index (χ0n) is 15.7. The fraction of sp³-hybridized carbons (Fsp3) is 0.316. The molecule has 3 aromatic rings. The molecule has 0 aliphatic heterocycles. The van der Waals surface area contributed by atoms with E-state index in [1.54, 1.807) is 36.3 Å². The predicted octanol–water partition coefficient (Wildman–Crippen LogP) is 5.08. The van der Waals surface area contributed by atoms with Crippen LogP contribution in [0, 0.1) is 5.82 Å². The first-order valence-corrected chi connectivity index (χ1v) is 10.2. The van der Waals surface area contributed by atoms with E-state index in [0.717, 1.165) is 18.0 Å². The van der Waals surface area contributed by atoms with E-state index < -0.39 is 30.2 Å². The Morgan fingerprint density at radius 1 is 1.27 bits per heavy atom. The molecule has 11 heteroatoms. The molecule has 0 amide bonds. The summed E-state index contributed by atoms with van der Waals surface area (Å²) in [5.41, 5.74) is 0.634. The summed E-state index contributed by atoms with van der Waals surface area (Å²) in [6, 6.07) is 5.81. The number of ether oxygens (including phenoxy) is 1. The van der Waals surface area contributed by atoms with Crippen molar-refractivity contribution in [1.29, 1.82) is 0 Å². The summed E-state index contributed by atoms with van der Waals surface area (Å²) in [5, 5.41) is 4.18. The molecule has 6 nitrogen and oxygen atoms in total. The van der Waals surface area contributed by atoms with Crippen LogP contribution in [0.5, 0.6) is 5.75 Å². The number of nitrogens with one attached hydrogen (secondary N) is 1. The van der Waals surface area contributed by atoms with Crippen molar-refractivity contribution >= 4 is 29.4 Å². The van der Waals surface area contributed by atoms with Crippen LogP contribution in [0.25, 0.3) is 0 Å². The number of nitrogens with zero attached hydrogens (tertiary/aromatic N) is 4. The molecule has 1 fully saturated rings. The molecule has 0 unspecified atom stereocenters. The summed E-state index contributed by atoms with van der Waals surface area (Å²) in [6.45, 7) is 0. The molecule has 1 N–H and O–H groups in total. The summed E-state index contributed by atoms with van der Waals surface area (Å²) in [6.07, 6.45) is 2.75. The van der Waals surface area contributed by atoms with Crippen LogP contribution in [0.2, 0.25) is 5.02 Å². The quantitative estimate of drug-likeness (QED) is 0.523. The topological polar surface area (TPSA) is 64.9 Å². The SMILES string of the molecule is Cn1nccc1[C@H]1CC(F)(F)C[C@@H]1Oc1cc(F)c(SNc2ccncn2)cc1Cl. The Labute approximate surface area is 179 Å². The number of rotatable bonds is 6. The molecule has 158 valence electrons. The van der Waals surface area contributed by atoms with Crippen molar-refractivity contribution in [2.45, 2.75) is 35.7 Å². The van der Waals surface area contributed by atoms with Crippen molar-refractivity contribution in [1.82, 2.24) is 19.7 Å². The fourth-order valence-corrected chi connectivity index (χ4v) is 4.38. The first-order chi connectivity index (χ1) is 14.3. The molecule has 0 spiro atoms. The van der Waals surface area contributed by atoms with Crippen molar-refractivity contribution in [3.05, 3.63) is 59.5 Å². The lowest BCUT2D eigenvalue weighted by molar-refractivity contribution is -0.00138. The molecule has 2 atom stereocenters. The van der Waals surface area contributed by atoms with Gasteiger partial charge in [0.1, 0.15) is 29.8 Å². The Bertz CT molecular complexity index is 1040. The van der Waals surface area contributed by atoms with Gasteiger partial charge in [-0.15, -0.1) is 0 Å². The minimum absolute atomic E-state index is 0.0235. The number of aryl methyl sites for hydroxylation is 1. The summed E-state index contributed by atoms with van der Waals surface area (Å²) >= 11 is 7.25. The van der Waals surface area contributed by atoms with E-state index in [4.69, 9.17) is 16.3 Å². The molecule has 0 bridgehead atoms. The van der Waals surface area contributed by atoms with E-state index in [9.17, 15) is 13.2 Å². The molecule has 1 aliphatic rings. The van der Waals surface area contributed by atoms with Gasteiger partial charge in [0.2, 0.25) is 0 Å². The Balaban J connectivity index is 1.52. The smallest absolute Gasteiger partial charge is 0.252 e. The van der Waals surface area contributed by atoms with E-state index in [1.165, 1.54) is 12.4 Å². The molecule has 1 saturated carbocycles. The van der Waals surface area contributed by atoms with Crippen molar-refractivity contribution in [2.24, 2.45) is 7.05 Å². The summed E-state index contributed by atoms with van der Waals surface area (Å²) < 4.78 is 53.1. The third-order valence-corrected chi connectivity index (χ3v) is 5.96. The van der Waals surface area contributed by atoms with Crippen LogP contribution in [-0.2, 0) is 7.05 Å². The van der Waals surface area contributed by atoms with Crippen LogP contribution < -0.4 is 9.46 Å². The van der Waals surface area contributed by atoms with Crippen molar-refractivity contribution in [3.8, 4) is 5.75 Å². The molecule has 1 aromatic carbocycles. The largest absolute Gasteiger partial charge is 0.488 e. The van der Waals surface area contributed by atoms with Gasteiger partial charge >= 0.3 is 0 Å². The second-order valence-electron chi connectivity index (χ2n) is 6.92. The number of halogens is 4. The molecular formula is C19H17ClF3N5OS. The van der Waals surface area contributed by atoms with Crippen LogP contribution in [0.3, 0.4) is 0 Å². The molecule has 30 heavy (non-hydrogen) atoms. The van der Waals surface area contributed by atoms with Gasteiger partial charge in [0.25, 0.3) is 5.92 Å². The average molecular weight is 456 g/mol. The number of anilines is 1. The van der Waals surface area contributed by atoms with Crippen molar-refractivity contribution in [2.75, 3.05) is 4.72 Å². The maximum Gasteiger partial charge on any atom is 0.252 e. The van der Waals surface area contributed by atoms with Crippen LogP contribution in [0.15, 0.2) is 47.9 Å². The zero-order valence-corrected chi connectivity index (χ0v) is 17.3. The minimum Gasteiger partial charge on any atom is -0.488 e. The Hall–Kier alpha value is -2.46. The van der Waals surface area contributed by atoms with Gasteiger partial charge in [-0.05, 0) is 30.1 Å². The highest BCUT2D eigenvalue weighted by Gasteiger charge is 2.49. The maximum atomic E-state index is 14.6. The summed E-state index contributed by atoms with van der Waals surface area (Å²) in [7, 11) is 1.69. The highest BCUT2D eigenvalue weighted by Crippen LogP contribution is 2.47. The molecule has 2 aromatic heterocycles. The first-order valence-electron chi connectivity index (χ1n) is 9.03. The lowest BCUT2D eigenvalue weighted by Crippen LogP contribution is -2.22. The zero-order chi connectivity index (χ0) is 21.3. The lowest BCUT2D eigenvalue weighted by atomic mass is 10.0. The van der Waals surface area contributed by atoms with Gasteiger partial charge in [-0.2, -0.15) is 5.10 Å². The number of hydrogen-bond donors (Lipinski definition) is 1. The average Bonchev–Trinajstić information content (AvgIpc) is 3.26. The van der Waals surface area contributed by atoms with Gasteiger partial charge in [0.05, 0.1) is 9.92 Å². The minimum atomic E-state index is -2.89. The molecular weight excluding hydrogens is 439 g/mol. The predicted molar refractivity (Wildman–Crippen MR) is 107 cm³/mol. The molecule has 4 rings (SSSR count). The van der Waals surface area contributed by atoms with E-state index in [1.807, 2.05) is 0 Å². The standard InChI is InChI=1S/C19H17ClF3N5OS/c1-28-14(2-5-26-28)11-8-19(22,23)9-16(11)29-15-7-13(21)17(6-12(15)20)30-27-18-3-4-24-10-25-18/h2-7,10-11,16H,8-9H2,1H3,(H,24,25,27)/t11-,16+/m1/s1. The Kier molecular flexibility index (Phi) is 5.79. The molecule has 0 saturated heterocycles. The highest BCUT2D eigenvalue weighted by molar-refractivity contribution is 8.00. The number of aromatic nitrogens is 4. The Morgan fingerprint density at radius 2 is 2.10 bits per heavy atom. The van der Waals surface area contributed by atoms with Crippen molar-refractivity contribution < 1.29 is 17.9 Å². The van der Waals surface area contributed by atoms with Gasteiger partial charge in [-0.25, -0.2) is 23.1 Å². The number of alkyl halides is 2. The van der Waals surface area contributed by atoms with E-state index in [-0.39, 0.29) is 22.1 Å². The van der Waals surface area contributed by atoms with Crippen LogP contribution in [-0.4, -0.2) is 31.8 Å². The maximum absolute atomic E-state index is 14.6. The monoisotopic (exact) mass is 455 g/mol. The lowest BCUT2D eigenvalue weighted by Gasteiger charge is -2.21. The van der Waals surface area contributed by atoms with E-state index in [0.29, 0.717) is 11.5 Å². The van der Waals surface area contributed by atoms with Crippen LogP contribution in [0.1, 0.15) is 24.5 Å². The van der Waals surface area contributed by atoms with Crippen molar-refractivity contribution in [3.63, 3.8) is 0 Å². The van der Waals surface area contributed by atoms with Gasteiger partial charge in [-0.3, -0.25) is 4.68 Å². The first kappa shape index (κ1) is 20.8. The van der Waals surface area contributed by atoms with Gasteiger partial charge in [0, 0.05) is 50.0 Å². The molecule has 1 aliphatic carbocycles. The van der Waals surface area contributed by atoms with Gasteiger partial charge < -0.3 is 9.46 Å². The normalized spacial score (nSPS) is 20.3. The number of benzene rings is 1. The van der Waals surface area contributed by atoms with E-state index >= 15 is 0 Å². The second kappa shape index (κ2) is 8.35. The molecule has 2 heterocycles. The van der Waals surface area contributed by atoms with E-state index in [2.05, 4.69) is 19.8 Å². The summed E-state index contributed by atoms with van der Waals surface area (Å²) in [4.78, 5) is 8.00. The highest BCUT2D eigenvalue weighted by atomic mass is 35.5. The van der Waals surface area contributed by atoms with Gasteiger partial charge in [0.15, 0.2) is 0 Å². The molecule has 0 radical (unpaired) electrons. The summed E-state index contributed by atoms with van der Waals surface area (Å²) in [5.74, 6) is -3.54.